The fourth-order valence-corrected chi connectivity index (χ4v) is 3.52. The Morgan fingerprint density at radius 3 is 2.17 bits per heavy atom. The zero-order valence-corrected chi connectivity index (χ0v) is 20.9. The smallest absolute Gasteiger partial charge is 0.308 e. The van der Waals surface area contributed by atoms with Gasteiger partial charge < -0.3 is 29.2 Å². The number of nitrogens with zero attached hydrogens (tertiary/aromatic N) is 2. The molecule has 1 saturated heterocycles. The number of halogens is 1. The van der Waals surface area contributed by atoms with Crippen molar-refractivity contribution in [1.29, 1.82) is 0 Å². The van der Waals surface area contributed by atoms with E-state index in [9.17, 15) is 4.79 Å². The summed E-state index contributed by atoms with van der Waals surface area (Å²) >= 11 is 0. The molecular formula is C21H34IN3O5. The number of rotatable bonds is 8. The molecule has 0 saturated carbocycles. The van der Waals surface area contributed by atoms with Crippen LogP contribution in [-0.4, -0.2) is 71.4 Å². The van der Waals surface area contributed by atoms with Crippen LogP contribution >= 0.6 is 24.0 Å². The van der Waals surface area contributed by atoms with E-state index in [2.05, 4.69) is 10.2 Å². The monoisotopic (exact) mass is 535 g/mol. The van der Waals surface area contributed by atoms with E-state index in [1.165, 1.54) is 7.11 Å². The van der Waals surface area contributed by atoms with Crippen LogP contribution in [0.1, 0.15) is 25.3 Å². The molecule has 1 aliphatic heterocycles. The molecule has 1 aromatic rings. The number of benzene rings is 1. The van der Waals surface area contributed by atoms with Crippen LogP contribution in [0.15, 0.2) is 17.1 Å². The molecule has 0 atom stereocenters. The number of guanidine groups is 1. The second kappa shape index (κ2) is 13.4. The fourth-order valence-electron chi connectivity index (χ4n) is 3.52. The summed E-state index contributed by atoms with van der Waals surface area (Å²) in [7, 11) is 6.33. The van der Waals surface area contributed by atoms with Crippen LogP contribution in [0.4, 0.5) is 0 Å². The minimum Gasteiger partial charge on any atom is -0.496 e. The zero-order valence-electron chi connectivity index (χ0n) is 18.5. The molecule has 1 heterocycles. The van der Waals surface area contributed by atoms with Crippen LogP contribution in [0.3, 0.4) is 0 Å². The zero-order chi connectivity index (χ0) is 21.2. The second-order valence-electron chi connectivity index (χ2n) is 6.78. The molecule has 0 aliphatic carbocycles. The van der Waals surface area contributed by atoms with Crippen molar-refractivity contribution in [2.24, 2.45) is 10.9 Å². The number of hydrogen-bond acceptors (Lipinski definition) is 6. The lowest BCUT2D eigenvalue weighted by Gasteiger charge is -2.33. The first kappa shape index (κ1) is 26.1. The van der Waals surface area contributed by atoms with Gasteiger partial charge in [-0.25, -0.2) is 0 Å². The molecule has 2 rings (SSSR count). The van der Waals surface area contributed by atoms with Gasteiger partial charge in [-0.2, -0.15) is 0 Å². The maximum Gasteiger partial charge on any atom is 0.308 e. The molecule has 0 bridgehead atoms. The lowest BCUT2D eigenvalue weighted by molar-refractivity contribution is -0.146. The molecule has 1 aliphatic rings. The molecule has 0 aromatic heterocycles. The van der Waals surface area contributed by atoms with E-state index in [0.29, 0.717) is 18.7 Å². The van der Waals surface area contributed by atoms with Crippen LogP contribution in [0.25, 0.3) is 0 Å². The minimum absolute atomic E-state index is 0. The molecule has 170 valence electrons. The van der Waals surface area contributed by atoms with Gasteiger partial charge >= 0.3 is 5.97 Å². The first-order valence-corrected chi connectivity index (χ1v) is 9.97. The summed E-state index contributed by atoms with van der Waals surface area (Å²) in [4.78, 5) is 18.7. The number of piperidine rings is 1. The van der Waals surface area contributed by atoms with E-state index < -0.39 is 0 Å². The van der Waals surface area contributed by atoms with Crippen molar-refractivity contribution in [3.05, 3.63) is 17.7 Å². The second-order valence-corrected chi connectivity index (χ2v) is 6.78. The van der Waals surface area contributed by atoms with Crippen LogP contribution < -0.4 is 19.5 Å². The normalized spacial score (nSPS) is 14.6. The largest absolute Gasteiger partial charge is 0.496 e. The number of nitrogens with one attached hydrogen (secondary N) is 1. The van der Waals surface area contributed by atoms with Crippen LogP contribution in [0.5, 0.6) is 17.2 Å². The van der Waals surface area contributed by atoms with E-state index in [-0.39, 0.29) is 35.9 Å². The van der Waals surface area contributed by atoms with Crippen molar-refractivity contribution in [3.63, 3.8) is 0 Å². The highest BCUT2D eigenvalue weighted by molar-refractivity contribution is 14.0. The van der Waals surface area contributed by atoms with Crippen molar-refractivity contribution >= 4 is 35.9 Å². The molecule has 1 N–H and O–H groups in total. The van der Waals surface area contributed by atoms with Gasteiger partial charge in [0, 0.05) is 43.9 Å². The SMILES string of the molecule is CCNC(=NCCc1c(OC)cc(OC)cc1OC)N1CCC(C(=O)OC)CC1.I. The first-order valence-electron chi connectivity index (χ1n) is 9.97. The van der Waals surface area contributed by atoms with Crippen molar-refractivity contribution < 1.29 is 23.7 Å². The summed E-state index contributed by atoms with van der Waals surface area (Å²) in [6.07, 6.45) is 2.22. The number of methoxy groups -OCH3 is 4. The molecule has 30 heavy (non-hydrogen) atoms. The Kier molecular flexibility index (Phi) is 11.7. The van der Waals surface area contributed by atoms with Gasteiger partial charge in [-0.3, -0.25) is 9.79 Å². The van der Waals surface area contributed by atoms with Gasteiger partial charge in [-0.1, -0.05) is 0 Å². The number of carbonyl (C=O) groups excluding carboxylic acids is 1. The maximum atomic E-state index is 11.7. The van der Waals surface area contributed by atoms with E-state index in [1.54, 1.807) is 21.3 Å². The van der Waals surface area contributed by atoms with Crippen LogP contribution in [-0.2, 0) is 16.0 Å². The summed E-state index contributed by atoms with van der Waals surface area (Å²) < 4.78 is 21.2. The topological polar surface area (TPSA) is 81.6 Å². The van der Waals surface area contributed by atoms with Gasteiger partial charge in [0.2, 0.25) is 0 Å². The van der Waals surface area contributed by atoms with Crippen molar-refractivity contribution in [3.8, 4) is 17.2 Å². The lowest BCUT2D eigenvalue weighted by atomic mass is 9.97. The van der Waals surface area contributed by atoms with Crippen LogP contribution in [0, 0.1) is 5.92 Å². The average molecular weight is 535 g/mol. The van der Waals surface area contributed by atoms with E-state index >= 15 is 0 Å². The maximum absolute atomic E-state index is 11.7. The van der Waals surface area contributed by atoms with Crippen LogP contribution in [0.2, 0.25) is 0 Å². The molecule has 1 aromatic carbocycles. The third-order valence-electron chi connectivity index (χ3n) is 5.10. The fraction of sp³-hybridized carbons (Fsp3) is 0.619. The Balaban J connectivity index is 0.00000450. The Morgan fingerprint density at radius 1 is 1.10 bits per heavy atom. The summed E-state index contributed by atoms with van der Waals surface area (Å²) in [5.74, 6) is 2.85. The van der Waals surface area contributed by atoms with Crippen molar-refractivity contribution in [2.75, 3.05) is 54.6 Å². The molecule has 1 fully saturated rings. The quantitative estimate of drug-likeness (QED) is 0.237. The lowest BCUT2D eigenvalue weighted by Crippen LogP contribution is -2.46. The molecular weight excluding hydrogens is 501 g/mol. The molecule has 0 amide bonds. The van der Waals surface area contributed by atoms with E-state index in [4.69, 9.17) is 23.9 Å². The molecule has 9 heteroatoms. The van der Waals surface area contributed by atoms with Gasteiger partial charge in [0.1, 0.15) is 17.2 Å². The standard InChI is InChI=1S/C21H33N3O5.HI/c1-6-22-21(24-11-8-15(9-12-24)20(25)29-5)23-10-7-17-18(27-3)13-16(26-2)14-19(17)28-4;/h13-15H,6-12H2,1-5H3,(H,22,23);1H. The predicted octanol–water partition coefficient (Wildman–Crippen LogP) is 2.72. The Labute approximate surface area is 196 Å². The number of hydrogen-bond donors (Lipinski definition) is 1. The Hall–Kier alpha value is -1.91. The van der Waals surface area contributed by atoms with Gasteiger partial charge in [0.15, 0.2) is 5.96 Å². The number of likely N-dealkylation sites (tertiary alicyclic amines) is 1. The minimum atomic E-state index is -0.120. The van der Waals surface area contributed by atoms with E-state index in [0.717, 1.165) is 55.5 Å². The summed E-state index contributed by atoms with van der Waals surface area (Å²) in [5.41, 5.74) is 0.958. The third-order valence-corrected chi connectivity index (χ3v) is 5.10. The van der Waals surface area contributed by atoms with Crippen molar-refractivity contribution in [1.82, 2.24) is 10.2 Å². The number of ether oxygens (including phenoxy) is 4. The highest BCUT2D eigenvalue weighted by Gasteiger charge is 2.27. The average Bonchev–Trinajstić information content (AvgIpc) is 2.77. The third kappa shape index (κ3) is 6.82. The van der Waals surface area contributed by atoms with Crippen molar-refractivity contribution in [2.45, 2.75) is 26.2 Å². The van der Waals surface area contributed by atoms with Gasteiger partial charge in [-0.15, -0.1) is 24.0 Å². The number of aliphatic imine (C=N–C) groups is 1. The summed E-state index contributed by atoms with van der Waals surface area (Å²) in [6, 6.07) is 3.70. The highest BCUT2D eigenvalue weighted by Crippen LogP contribution is 2.34. The number of esters is 1. The molecule has 8 nitrogen and oxygen atoms in total. The predicted molar refractivity (Wildman–Crippen MR) is 128 cm³/mol. The Morgan fingerprint density at radius 2 is 1.70 bits per heavy atom. The van der Waals surface area contributed by atoms with Gasteiger partial charge in [-0.05, 0) is 26.2 Å². The summed E-state index contributed by atoms with van der Waals surface area (Å²) in [6.45, 7) is 4.97. The van der Waals surface area contributed by atoms with Gasteiger partial charge in [0.25, 0.3) is 0 Å². The highest BCUT2D eigenvalue weighted by atomic mass is 127. The van der Waals surface area contributed by atoms with Gasteiger partial charge in [0.05, 0.1) is 34.4 Å². The molecule has 0 spiro atoms. The number of carbonyl (C=O) groups is 1. The molecule has 0 unspecified atom stereocenters. The summed E-state index contributed by atoms with van der Waals surface area (Å²) in [5, 5.41) is 3.35. The first-order chi connectivity index (χ1) is 14.1. The Bertz CT molecular complexity index is 681. The van der Waals surface area contributed by atoms with E-state index in [1.807, 2.05) is 19.1 Å². The molecule has 0 radical (unpaired) electrons.